The third-order valence-corrected chi connectivity index (χ3v) is 7.62. The van der Waals surface area contributed by atoms with Crippen LogP contribution in [0.4, 0.5) is 0 Å². The van der Waals surface area contributed by atoms with Crippen LogP contribution in [-0.2, 0) is 26.0 Å². The van der Waals surface area contributed by atoms with E-state index < -0.39 is 21.8 Å². The summed E-state index contributed by atoms with van der Waals surface area (Å²) in [6.45, 7) is -0.532. The van der Waals surface area contributed by atoms with E-state index in [9.17, 15) is 18.0 Å². The minimum atomic E-state index is -4.05. The highest BCUT2D eigenvalue weighted by Crippen LogP contribution is 2.25. The molecular weight excluding hydrogens is 452 g/mol. The Morgan fingerprint density at radius 1 is 0.853 bits per heavy atom. The highest BCUT2D eigenvalue weighted by molar-refractivity contribution is 7.89. The molecule has 2 amide bonds. The second-order valence-electron chi connectivity index (χ2n) is 8.08. The Hall–Kier alpha value is -3.82. The van der Waals surface area contributed by atoms with Crippen molar-refractivity contribution in [3.05, 3.63) is 84.4 Å². The van der Waals surface area contributed by atoms with Crippen molar-refractivity contribution in [2.75, 3.05) is 19.6 Å². The van der Waals surface area contributed by atoms with Gasteiger partial charge in [-0.25, -0.2) is 13.4 Å². The molecule has 2 heterocycles. The zero-order valence-electron chi connectivity index (χ0n) is 18.2. The summed E-state index contributed by atoms with van der Waals surface area (Å²) >= 11 is 0. The predicted molar refractivity (Wildman–Crippen MR) is 127 cm³/mol. The Labute approximate surface area is 196 Å². The SMILES string of the molecule is O=C1CN(S(=O)(=O)c2ccc3nc(-c4ccccc4)[nH]c3c2)CC(=O)N1CCc1ccccc1. The van der Waals surface area contributed by atoms with Crippen LogP contribution in [0.25, 0.3) is 22.4 Å². The normalized spacial score (nSPS) is 15.2. The van der Waals surface area contributed by atoms with E-state index in [-0.39, 0.29) is 24.5 Å². The lowest BCUT2D eigenvalue weighted by atomic mass is 10.1. The van der Waals surface area contributed by atoms with Crippen molar-refractivity contribution in [3.8, 4) is 11.4 Å². The molecular formula is C25H22N4O4S. The van der Waals surface area contributed by atoms with Crippen molar-refractivity contribution in [1.82, 2.24) is 19.2 Å². The number of carbonyl (C=O) groups excluding carboxylic acids is 2. The van der Waals surface area contributed by atoms with E-state index >= 15 is 0 Å². The zero-order chi connectivity index (χ0) is 23.7. The molecule has 0 unspecified atom stereocenters. The van der Waals surface area contributed by atoms with E-state index in [1.165, 1.54) is 12.1 Å². The first-order valence-corrected chi connectivity index (χ1v) is 12.3. The molecule has 0 atom stereocenters. The fraction of sp³-hybridized carbons (Fsp3) is 0.160. The van der Waals surface area contributed by atoms with Gasteiger partial charge in [-0.3, -0.25) is 14.5 Å². The molecule has 172 valence electrons. The van der Waals surface area contributed by atoms with Crippen LogP contribution in [0.15, 0.2) is 83.8 Å². The average molecular weight is 475 g/mol. The van der Waals surface area contributed by atoms with Crippen LogP contribution < -0.4 is 0 Å². The van der Waals surface area contributed by atoms with Crippen LogP contribution >= 0.6 is 0 Å². The van der Waals surface area contributed by atoms with Crippen molar-refractivity contribution in [2.45, 2.75) is 11.3 Å². The summed E-state index contributed by atoms with van der Waals surface area (Å²) in [7, 11) is -4.05. The number of H-pyrrole nitrogens is 1. The summed E-state index contributed by atoms with van der Waals surface area (Å²) in [5.41, 5.74) is 3.06. The van der Waals surface area contributed by atoms with E-state index in [1.807, 2.05) is 60.7 Å². The van der Waals surface area contributed by atoms with Crippen LogP contribution in [0.2, 0.25) is 0 Å². The number of imidazole rings is 1. The standard InChI is InChI=1S/C25H22N4O4S/c30-23-16-28(17-24(31)29(23)14-13-18-7-3-1-4-8-18)34(32,33)20-11-12-21-22(15-20)27-25(26-21)19-9-5-2-6-10-19/h1-12,15H,13-14,16-17H2,(H,26,27). The third-order valence-electron chi connectivity index (χ3n) is 5.83. The smallest absolute Gasteiger partial charge is 0.244 e. The highest BCUT2D eigenvalue weighted by Gasteiger charge is 2.37. The van der Waals surface area contributed by atoms with Gasteiger partial charge >= 0.3 is 0 Å². The largest absolute Gasteiger partial charge is 0.338 e. The Balaban J connectivity index is 1.34. The van der Waals surface area contributed by atoms with Crippen molar-refractivity contribution in [3.63, 3.8) is 0 Å². The van der Waals surface area contributed by atoms with Crippen LogP contribution in [0.3, 0.4) is 0 Å². The number of piperazine rings is 1. The van der Waals surface area contributed by atoms with Crippen LogP contribution in [-0.4, -0.2) is 59.0 Å². The molecule has 0 bridgehead atoms. The molecule has 0 spiro atoms. The summed E-state index contributed by atoms with van der Waals surface area (Å²) in [6.07, 6.45) is 0.519. The number of imide groups is 1. The molecule has 1 aliphatic rings. The summed E-state index contributed by atoms with van der Waals surface area (Å²) < 4.78 is 27.4. The van der Waals surface area contributed by atoms with Gasteiger partial charge in [-0.15, -0.1) is 0 Å². The number of aromatic amines is 1. The van der Waals surface area contributed by atoms with Gasteiger partial charge in [0.25, 0.3) is 0 Å². The van der Waals surface area contributed by atoms with Gasteiger partial charge in [0.05, 0.1) is 29.0 Å². The Morgan fingerprint density at radius 3 is 2.18 bits per heavy atom. The molecule has 8 nitrogen and oxygen atoms in total. The average Bonchev–Trinajstić information content (AvgIpc) is 3.28. The number of fused-ring (bicyclic) bond motifs is 1. The topological polar surface area (TPSA) is 103 Å². The van der Waals surface area contributed by atoms with Gasteiger partial charge in [0.2, 0.25) is 21.8 Å². The fourth-order valence-electron chi connectivity index (χ4n) is 4.00. The lowest BCUT2D eigenvalue weighted by Gasteiger charge is -2.32. The highest BCUT2D eigenvalue weighted by atomic mass is 32.2. The molecule has 1 N–H and O–H groups in total. The maximum absolute atomic E-state index is 13.3. The molecule has 0 radical (unpaired) electrons. The first-order chi connectivity index (χ1) is 16.4. The Morgan fingerprint density at radius 2 is 1.50 bits per heavy atom. The van der Waals surface area contributed by atoms with Gasteiger partial charge in [0, 0.05) is 12.1 Å². The molecule has 3 aromatic carbocycles. The van der Waals surface area contributed by atoms with Crippen molar-refractivity contribution >= 4 is 32.9 Å². The number of amides is 2. The fourth-order valence-corrected chi connectivity index (χ4v) is 5.37. The molecule has 9 heteroatoms. The monoisotopic (exact) mass is 474 g/mol. The molecule has 1 aromatic heterocycles. The maximum Gasteiger partial charge on any atom is 0.244 e. The third kappa shape index (κ3) is 4.23. The van der Waals surface area contributed by atoms with Gasteiger partial charge in [-0.05, 0) is 30.2 Å². The van der Waals surface area contributed by atoms with E-state index in [4.69, 9.17) is 0 Å². The number of rotatable bonds is 6. The molecule has 34 heavy (non-hydrogen) atoms. The zero-order valence-corrected chi connectivity index (χ0v) is 19.0. The molecule has 0 aliphatic carbocycles. The molecule has 1 fully saturated rings. The van der Waals surface area contributed by atoms with Gasteiger partial charge < -0.3 is 4.98 Å². The second kappa shape index (κ2) is 8.85. The molecule has 1 saturated heterocycles. The number of nitrogens with one attached hydrogen (secondary N) is 1. The van der Waals surface area contributed by atoms with Crippen LogP contribution in [0.1, 0.15) is 5.56 Å². The van der Waals surface area contributed by atoms with E-state index in [2.05, 4.69) is 9.97 Å². The quantitative estimate of drug-likeness (QED) is 0.433. The minimum Gasteiger partial charge on any atom is -0.338 e. The van der Waals surface area contributed by atoms with E-state index in [1.54, 1.807) is 6.07 Å². The van der Waals surface area contributed by atoms with Gasteiger partial charge in [0.15, 0.2) is 0 Å². The summed E-state index contributed by atoms with van der Waals surface area (Å²) in [5, 5.41) is 0. The number of carbonyl (C=O) groups is 2. The lowest BCUT2D eigenvalue weighted by Crippen LogP contribution is -2.55. The first-order valence-electron chi connectivity index (χ1n) is 10.8. The van der Waals surface area contributed by atoms with Crippen LogP contribution in [0, 0.1) is 0 Å². The second-order valence-corrected chi connectivity index (χ2v) is 10.0. The Bertz CT molecular complexity index is 1450. The van der Waals surface area contributed by atoms with Gasteiger partial charge in [0.1, 0.15) is 5.82 Å². The summed E-state index contributed by atoms with van der Waals surface area (Å²) in [4.78, 5) is 34.2. The number of nitrogens with zero attached hydrogens (tertiary/aromatic N) is 3. The number of hydrogen-bond donors (Lipinski definition) is 1. The molecule has 0 saturated carbocycles. The summed E-state index contributed by atoms with van der Waals surface area (Å²) in [5.74, 6) is -0.419. The lowest BCUT2D eigenvalue weighted by molar-refractivity contribution is -0.149. The number of aromatic nitrogens is 2. The number of benzene rings is 3. The van der Waals surface area contributed by atoms with E-state index in [0.29, 0.717) is 23.3 Å². The van der Waals surface area contributed by atoms with Crippen molar-refractivity contribution in [2.24, 2.45) is 0 Å². The van der Waals surface area contributed by atoms with E-state index in [0.717, 1.165) is 20.3 Å². The predicted octanol–water partition coefficient (Wildman–Crippen LogP) is 2.83. The van der Waals surface area contributed by atoms with Gasteiger partial charge in [-0.1, -0.05) is 60.7 Å². The van der Waals surface area contributed by atoms with Gasteiger partial charge in [-0.2, -0.15) is 4.31 Å². The molecule has 5 rings (SSSR count). The maximum atomic E-state index is 13.3. The van der Waals surface area contributed by atoms with Crippen molar-refractivity contribution in [1.29, 1.82) is 0 Å². The molecule has 4 aromatic rings. The number of hydrogen-bond acceptors (Lipinski definition) is 5. The molecule has 1 aliphatic heterocycles. The van der Waals surface area contributed by atoms with Crippen molar-refractivity contribution < 1.29 is 18.0 Å². The first kappa shape index (κ1) is 22.0. The minimum absolute atomic E-state index is 0.00148. The number of sulfonamides is 1. The van der Waals surface area contributed by atoms with Crippen LogP contribution in [0.5, 0.6) is 0 Å². The summed E-state index contributed by atoms with van der Waals surface area (Å²) in [6, 6.07) is 23.6. The Kier molecular flexibility index (Phi) is 5.72.